The third-order valence-corrected chi connectivity index (χ3v) is 2.58. The largest absolute Gasteiger partial charge is 0.367 e. The van der Waals surface area contributed by atoms with Gasteiger partial charge in [-0.2, -0.15) is 5.26 Å². The van der Waals surface area contributed by atoms with Crippen molar-refractivity contribution in [2.75, 3.05) is 6.61 Å². The second-order valence-corrected chi connectivity index (χ2v) is 3.92. The summed E-state index contributed by atoms with van der Waals surface area (Å²) in [6.07, 6.45) is 5.10. The van der Waals surface area contributed by atoms with E-state index in [1.165, 1.54) is 19.3 Å². The minimum absolute atomic E-state index is 0.0609. The summed E-state index contributed by atoms with van der Waals surface area (Å²) in [5.41, 5.74) is 0. The molecule has 0 aromatic carbocycles. The molecule has 0 saturated carbocycles. The molecule has 0 saturated heterocycles. The highest BCUT2D eigenvalue weighted by Gasteiger charge is 2.09. The van der Waals surface area contributed by atoms with Gasteiger partial charge in [-0.05, 0) is 12.3 Å². The maximum atomic E-state index is 9.22. The molecule has 0 aliphatic carbocycles. The van der Waals surface area contributed by atoms with Crippen molar-refractivity contribution in [2.24, 2.45) is 5.92 Å². The lowest BCUT2D eigenvalue weighted by Crippen LogP contribution is -2.17. The van der Waals surface area contributed by atoms with Gasteiger partial charge in [-0.3, -0.25) is 0 Å². The van der Waals surface area contributed by atoms with Crippen molar-refractivity contribution < 1.29 is 9.84 Å². The monoisotopic (exact) mass is 213 g/mol. The summed E-state index contributed by atoms with van der Waals surface area (Å²) in [5.74, 6) is 0.518. The Balaban J connectivity index is 3.56. The standard InChI is InChI=1S/C12H23NO2/c1-3-5-6-7-11(4-2)10-15-12(14)8-9-13/h11-12,14H,3-8,10H2,1-2H3. The highest BCUT2D eigenvalue weighted by Crippen LogP contribution is 2.14. The van der Waals surface area contributed by atoms with E-state index in [4.69, 9.17) is 10.00 Å². The molecule has 2 unspecified atom stereocenters. The molecule has 0 aliphatic heterocycles. The van der Waals surface area contributed by atoms with Crippen molar-refractivity contribution >= 4 is 0 Å². The number of aliphatic hydroxyl groups excluding tert-OH is 1. The molecule has 0 amide bonds. The van der Waals surface area contributed by atoms with Gasteiger partial charge in [0.1, 0.15) is 0 Å². The minimum Gasteiger partial charge on any atom is -0.367 e. The molecule has 88 valence electrons. The zero-order valence-electron chi connectivity index (χ0n) is 9.91. The summed E-state index contributed by atoms with van der Waals surface area (Å²) in [4.78, 5) is 0. The fraction of sp³-hybridized carbons (Fsp3) is 0.917. The van der Waals surface area contributed by atoms with Crippen molar-refractivity contribution in [3.05, 3.63) is 0 Å². The summed E-state index contributed by atoms with van der Waals surface area (Å²) in [6.45, 7) is 4.90. The molecule has 3 nitrogen and oxygen atoms in total. The Morgan fingerprint density at radius 2 is 2.07 bits per heavy atom. The number of nitrogens with zero attached hydrogens (tertiary/aromatic N) is 1. The number of hydrogen-bond acceptors (Lipinski definition) is 3. The summed E-state index contributed by atoms with van der Waals surface area (Å²) in [6, 6.07) is 1.89. The van der Waals surface area contributed by atoms with Crippen molar-refractivity contribution in [1.29, 1.82) is 5.26 Å². The summed E-state index contributed by atoms with van der Waals surface area (Å²) < 4.78 is 5.20. The predicted octanol–water partition coefficient (Wildman–Crippen LogP) is 2.84. The molecule has 0 bridgehead atoms. The van der Waals surface area contributed by atoms with Crippen molar-refractivity contribution in [3.8, 4) is 6.07 Å². The molecule has 3 heteroatoms. The molecule has 2 atom stereocenters. The van der Waals surface area contributed by atoms with Crippen LogP contribution >= 0.6 is 0 Å². The molecule has 0 rings (SSSR count). The van der Waals surface area contributed by atoms with E-state index < -0.39 is 6.29 Å². The molecular formula is C12H23NO2. The molecule has 0 radical (unpaired) electrons. The molecule has 0 aromatic heterocycles. The van der Waals surface area contributed by atoms with Crippen LogP contribution in [-0.4, -0.2) is 18.0 Å². The zero-order valence-corrected chi connectivity index (χ0v) is 9.91. The van der Waals surface area contributed by atoms with Gasteiger partial charge in [0.05, 0.1) is 19.1 Å². The molecule has 1 N–H and O–H groups in total. The quantitative estimate of drug-likeness (QED) is 0.473. The van der Waals surface area contributed by atoms with Gasteiger partial charge in [0.15, 0.2) is 6.29 Å². The van der Waals surface area contributed by atoms with E-state index in [-0.39, 0.29) is 6.42 Å². The molecular weight excluding hydrogens is 190 g/mol. The van der Waals surface area contributed by atoms with E-state index in [1.54, 1.807) is 0 Å². The van der Waals surface area contributed by atoms with E-state index in [0.717, 1.165) is 12.8 Å². The minimum atomic E-state index is -0.907. The predicted molar refractivity (Wildman–Crippen MR) is 60.1 cm³/mol. The first-order chi connectivity index (χ1) is 7.24. The lowest BCUT2D eigenvalue weighted by Gasteiger charge is -2.16. The number of unbranched alkanes of at least 4 members (excludes halogenated alkanes) is 2. The van der Waals surface area contributed by atoms with Crippen LogP contribution in [0.1, 0.15) is 52.4 Å². The molecule has 0 aliphatic rings. The molecule has 0 aromatic rings. The van der Waals surface area contributed by atoms with Crippen molar-refractivity contribution in [3.63, 3.8) is 0 Å². The molecule has 0 heterocycles. The van der Waals surface area contributed by atoms with Crippen LogP contribution in [0, 0.1) is 17.2 Å². The average Bonchev–Trinajstić information content (AvgIpc) is 2.23. The fourth-order valence-electron chi connectivity index (χ4n) is 1.47. The van der Waals surface area contributed by atoms with Gasteiger partial charge >= 0.3 is 0 Å². The topological polar surface area (TPSA) is 53.2 Å². The van der Waals surface area contributed by atoms with E-state index >= 15 is 0 Å². The fourth-order valence-corrected chi connectivity index (χ4v) is 1.47. The third kappa shape index (κ3) is 8.41. The van der Waals surface area contributed by atoms with Gasteiger partial charge < -0.3 is 9.84 Å². The first kappa shape index (κ1) is 14.4. The Hall–Kier alpha value is -0.590. The SMILES string of the molecule is CCCCCC(CC)COC(O)CC#N. The Morgan fingerprint density at radius 3 is 2.60 bits per heavy atom. The normalized spacial score (nSPS) is 14.5. The maximum Gasteiger partial charge on any atom is 0.167 e. The zero-order chi connectivity index (χ0) is 11.5. The smallest absolute Gasteiger partial charge is 0.167 e. The first-order valence-corrected chi connectivity index (χ1v) is 5.91. The van der Waals surface area contributed by atoms with Gasteiger partial charge in [-0.25, -0.2) is 0 Å². The van der Waals surface area contributed by atoms with Crippen LogP contribution < -0.4 is 0 Å². The highest BCUT2D eigenvalue weighted by molar-refractivity contribution is 4.70. The van der Waals surface area contributed by atoms with Gasteiger partial charge in [-0.1, -0.05) is 39.5 Å². The number of aliphatic hydroxyl groups is 1. The average molecular weight is 213 g/mol. The van der Waals surface area contributed by atoms with E-state index in [9.17, 15) is 5.11 Å². The maximum absolute atomic E-state index is 9.22. The van der Waals surface area contributed by atoms with Gasteiger partial charge in [0, 0.05) is 0 Å². The Labute approximate surface area is 93.1 Å². The van der Waals surface area contributed by atoms with Crippen LogP contribution in [0.2, 0.25) is 0 Å². The number of hydrogen-bond donors (Lipinski definition) is 1. The van der Waals surface area contributed by atoms with Crippen molar-refractivity contribution in [1.82, 2.24) is 0 Å². The van der Waals surface area contributed by atoms with Gasteiger partial charge in [0.2, 0.25) is 0 Å². The highest BCUT2D eigenvalue weighted by atomic mass is 16.6. The molecule has 15 heavy (non-hydrogen) atoms. The van der Waals surface area contributed by atoms with Gasteiger partial charge in [-0.15, -0.1) is 0 Å². The summed E-state index contributed by atoms with van der Waals surface area (Å²) in [5, 5.41) is 17.6. The van der Waals surface area contributed by atoms with Crippen LogP contribution in [0.25, 0.3) is 0 Å². The second-order valence-electron chi connectivity index (χ2n) is 3.92. The van der Waals surface area contributed by atoms with E-state index in [0.29, 0.717) is 12.5 Å². The lowest BCUT2D eigenvalue weighted by molar-refractivity contribution is -0.106. The number of rotatable bonds is 9. The Bertz CT molecular complexity index is 177. The van der Waals surface area contributed by atoms with Crippen LogP contribution in [-0.2, 0) is 4.74 Å². The summed E-state index contributed by atoms with van der Waals surface area (Å²) >= 11 is 0. The number of nitriles is 1. The third-order valence-electron chi connectivity index (χ3n) is 2.58. The molecule has 0 fully saturated rings. The van der Waals surface area contributed by atoms with E-state index in [2.05, 4.69) is 13.8 Å². The van der Waals surface area contributed by atoms with Crippen molar-refractivity contribution in [2.45, 2.75) is 58.7 Å². The van der Waals surface area contributed by atoms with Crippen LogP contribution in [0.3, 0.4) is 0 Å². The molecule has 0 spiro atoms. The summed E-state index contributed by atoms with van der Waals surface area (Å²) in [7, 11) is 0. The Kier molecular flexibility index (Phi) is 9.55. The Morgan fingerprint density at radius 1 is 1.33 bits per heavy atom. The van der Waals surface area contributed by atoms with Crippen LogP contribution in [0.4, 0.5) is 0 Å². The van der Waals surface area contributed by atoms with Gasteiger partial charge in [0.25, 0.3) is 0 Å². The number of ether oxygens (including phenoxy) is 1. The lowest BCUT2D eigenvalue weighted by atomic mass is 10.00. The van der Waals surface area contributed by atoms with E-state index in [1.807, 2.05) is 6.07 Å². The second kappa shape index (κ2) is 9.95. The van der Waals surface area contributed by atoms with Crippen LogP contribution in [0.15, 0.2) is 0 Å². The van der Waals surface area contributed by atoms with Crippen LogP contribution in [0.5, 0.6) is 0 Å². The first-order valence-electron chi connectivity index (χ1n) is 5.91.